The highest BCUT2D eigenvalue weighted by Gasteiger charge is 2.35. The number of carbonyl (C=O) groups is 1. The van der Waals surface area contributed by atoms with Gasteiger partial charge in [0.05, 0.1) is 50.0 Å². The number of sulfonamides is 1. The third kappa shape index (κ3) is 3.59. The molecule has 36 heavy (non-hydrogen) atoms. The number of benzene rings is 2. The zero-order valence-corrected chi connectivity index (χ0v) is 21.3. The maximum atomic E-state index is 13.4. The molecule has 4 aromatic rings. The maximum Gasteiger partial charge on any atom is 0.283 e. The minimum Gasteiger partial charge on any atom is -0.490 e. The highest BCUT2D eigenvalue weighted by Crippen LogP contribution is 2.36. The summed E-state index contributed by atoms with van der Waals surface area (Å²) in [5.74, 6) is 0.234. The van der Waals surface area contributed by atoms with Gasteiger partial charge in [0.25, 0.3) is 10.0 Å². The third-order valence-electron chi connectivity index (χ3n) is 6.19. The quantitative estimate of drug-likeness (QED) is 0.381. The number of hydrogen-bond acceptors (Lipinski definition) is 9. The van der Waals surface area contributed by atoms with Gasteiger partial charge in [0, 0.05) is 25.2 Å². The summed E-state index contributed by atoms with van der Waals surface area (Å²) in [6.45, 7) is 1.98. The van der Waals surface area contributed by atoms with Crippen LogP contribution in [-0.2, 0) is 37.9 Å². The van der Waals surface area contributed by atoms with Gasteiger partial charge in [-0.3, -0.25) is 4.79 Å². The minimum atomic E-state index is -3.95. The van der Waals surface area contributed by atoms with Gasteiger partial charge in [-0.15, -0.1) is 11.3 Å². The second-order valence-corrected chi connectivity index (χ2v) is 13.0. The maximum absolute atomic E-state index is 13.4. The lowest BCUT2D eigenvalue weighted by Gasteiger charge is -2.29. The summed E-state index contributed by atoms with van der Waals surface area (Å²) in [5.41, 5.74) is 3.63. The first-order valence-electron chi connectivity index (χ1n) is 10.9. The molecule has 0 radical (unpaired) electrons. The molecule has 6 rings (SSSR count). The van der Waals surface area contributed by atoms with Crippen molar-refractivity contribution in [3.63, 3.8) is 0 Å². The van der Waals surface area contributed by atoms with E-state index in [1.807, 2.05) is 0 Å². The number of anilines is 1. The Labute approximate surface area is 210 Å². The van der Waals surface area contributed by atoms with E-state index in [2.05, 4.69) is 10.1 Å². The number of nitrogens with zero attached hydrogens (tertiary/aromatic N) is 5. The lowest BCUT2D eigenvalue weighted by molar-refractivity contribution is -0.116. The fourth-order valence-electron chi connectivity index (χ4n) is 4.33. The zero-order valence-electron chi connectivity index (χ0n) is 18.9. The molecular formula is C22H19N5O6S3. The molecule has 11 nitrogen and oxygen atoms in total. The number of ether oxygens (including phenoxy) is 1. The number of hydrogen-bond donors (Lipinski definition) is 0. The van der Waals surface area contributed by atoms with Crippen LogP contribution in [0.2, 0.25) is 0 Å². The van der Waals surface area contributed by atoms with Crippen LogP contribution in [-0.4, -0.2) is 54.4 Å². The molecule has 186 valence electrons. The van der Waals surface area contributed by atoms with E-state index >= 15 is 0 Å². The van der Waals surface area contributed by atoms with Crippen LogP contribution in [0.25, 0.3) is 10.2 Å². The van der Waals surface area contributed by atoms with Crippen LogP contribution in [0, 0.1) is 0 Å². The first-order valence-corrected chi connectivity index (χ1v) is 14.6. The van der Waals surface area contributed by atoms with Crippen molar-refractivity contribution in [2.45, 2.75) is 29.8 Å². The second-order valence-electron chi connectivity index (χ2n) is 8.38. The van der Waals surface area contributed by atoms with Crippen molar-refractivity contribution >= 4 is 53.2 Å². The molecule has 0 spiro atoms. The molecule has 2 aromatic carbocycles. The Morgan fingerprint density at radius 2 is 1.81 bits per heavy atom. The molecule has 1 amide bonds. The van der Waals surface area contributed by atoms with Gasteiger partial charge < -0.3 is 9.64 Å². The first-order chi connectivity index (χ1) is 17.1. The molecular weight excluding hydrogens is 526 g/mol. The minimum absolute atomic E-state index is 0.0153. The summed E-state index contributed by atoms with van der Waals surface area (Å²) in [6.07, 6.45) is 1.36. The number of amides is 1. The van der Waals surface area contributed by atoms with E-state index < -0.39 is 20.0 Å². The molecule has 0 fully saturated rings. The van der Waals surface area contributed by atoms with Gasteiger partial charge >= 0.3 is 0 Å². The summed E-state index contributed by atoms with van der Waals surface area (Å²) >= 11 is 1.34. The van der Waals surface area contributed by atoms with E-state index in [0.717, 1.165) is 8.79 Å². The van der Waals surface area contributed by atoms with E-state index in [-0.39, 0.29) is 28.8 Å². The van der Waals surface area contributed by atoms with Gasteiger partial charge in [-0.1, -0.05) is 0 Å². The fourth-order valence-corrected chi connectivity index (χ4v) is 7.71. The third-order valence-corrected chi connectivity index (χ3v) is 10.3. The summed E-state index contributed by atoms with van der Waals surface area (Å²) in [5, 5.41) is 4.21. The summed E-state index contributed by atoms with van der Waals surface area (Å²) in [7, 11) is -7.89. The SMILES string of the molecule is CC(=O)N1CCOc2ccc(S(=O)(=O)N3Cc4cn(S(=O)(=O)c5ccc6ncsc6c5)nc4C3)cc21. The van der Waals surface area contributed by atoms with Crippen LogP contribution in [0.5, 0.6) is 5.75 Å². The molecule has 2 aromatic heterocycles. The fraction of sp³-hybridized carbons (Fsp3) is 0.227. The smallest absolute Gasteiger partial charge is 0.283 e. The molecule has 0 aliphatic carbocycles. The van der Waals surface area contributed by atoms with Gasteiger partial charge in [0.15, 0.2) is 0 Å². The Bertz CT molecular complexity index is 1740. The predicted octanol–water partition coefficient (Wildman–Crippen LogP) is 2.18. The topological polar surface area (TPSA) is 132 Å². The van der Waals surface area contributed by atoms with Gasteiger partial charge in [0.1, 0.15) is 12.4 Å². The van der Waals surface area contributed by atoms with Crippen LogP contribution >= 0.6 is 11.3 Å². The zero-order chi connectivity index (χ0) is 25.2. The molecule has 0 saturated carbocycles. The van der Waals surface area contributed by atoms with Crippen molar-refractivity contribution in [2.24, 2.45) is 0 Å². The normalized spacial score (nSPS) is 16.1. The van der Waals surface area contributed by atoms with Crippen LogP contribution in [0.15, 0.2) is 57.9 Å². The molecule has 0 unspecified atom stereocenters. The van der Waals surface area contributed by atoms with Crippen LogP contribution in [0.1, 0.15) is 18.2 Å². The number of fused-ring (bicyclic) bond motifs is 3. The lowest BCUT2D eigenvalue weighted by Crippen LogP contribution is -2.36. The number of thiazole rings is 1. The van der Waals surface area contributed by atoms with Gasteiger partial charge in [-0.25, -0.2) is 13.4 Å². The van der Waals surface area contributed by atoms with Crippen molar-refractivity contribution in [1.82, 2.24) is 18.5 Å². The highest BCUT2D eigenvalue weighted by molar-refractivity contribution is 7.90. The number of rotatable bonds is 4. The molecule has 0 atom stereocenters. The van der Waals surface area contributed by atoms with E-state index in [4.69, 9.17) is 4.74 Å². The highest BCUT2D eigenvalue weighted by atomic mass is 32.2. The van der Waals surface area contributed by atoms with Crippen molar-refractivity contribution in [2.75, 3.05) is 18.1 Å². The average Bonchev–Trinajstić information content (AvgIpc) is 3.57. The summed E-state index contributed by atoms with van der Waals surface area (Å²) in [6, 6.07) is 9.08. The van der Waals surface area contributed by atoms with Crippen molar-refractivity contribution in [1.29, 1.82) is 0 Å². The second kappa shape index (κ2) is 8.09. The largest absolute Gasteiger partial charge is 0.490 e. The molecule has 0 bridgehead atoms. The molecule has 4 heterocycles. The predicted molar refractivity (Wildman–Crippen MR) is 131 cm³/mol. The first kappa shape index (κ1) is 23.1. The molecule has 0 saturated heterocycles. The van der Waals surface area contributed by atoms with Crippen LogP contribution < -0.4 is 9.64 Å². The van der Waals surface area contributed by atoms with E-state index in [1.54, 1.807) is 23.7 Å². The van der Waals surface area contributed by atoms with E-state index in [9.17, 15) is 21.6 Å². The lowest BCUT2D eigenvalue weighted by atomic mass is 10.2. The Morgan fingerprint density at radius 1 is 1.03 bits per heavy atom. The van der Waals surface area contributed by atoms with Crippen LogP contribution in [0.3, 0.4) is 0 Å². The van der Waals surface area contributed by atoms with E-state index in [1.165, 1.54) is 51.9 Å². The Balaban J connectivity index is 1.27. The van der Waals surface area contributed by atoms with Gasteiger partial charge in [-0.05, 0) is 36.4 Å². The monoisotopic (exact) mass is 545 g/mol. The molecule has 2 aliphatic rings. The van der Waals surface area contributed by atoms with Gasteiger partial charge in [-0.2, -0.15) is 21.9 Å². The van der Waals surface area contributed by atoms with E-state index in [0.29, 0.717) is 41.4 Å². The Morgan fingerprint density at radius 3 is 2.58 bits per heavy atom. The molecule has 2 aliphatic heterocycles. The van der Waals surface area contributed by atoms with Crippen molar-refractivity contribution < 1.29 is 26.4 Å². The Kier molecular flexibility index (Phi) is 5.19. The Hall–Kier alpha value is -3.33. The standard InChI is InChI=1S/C22H19N5O6S3/c1-14(28)26-6-7-33-21-5-3-16(8-20(21)26)35(29,30)25-10-15-11-27(24-19(15)12-25)36(31,32)17-2-4-18-22(9-17)34-13-23-18/h2-5,8-9,11,13H,6-7,10,12H2,1H3. The molecule has 0 N–H and O–H groups in total. The van der Waals surface area contributed by atoms with Crippen LogP contribution in [0.4, 0.5) is 5.69 Å². The summed E-state index contributed by atoms with van der Waals surface area (Å²) in [4.78, 5) is 17.7. The number of aromatic nitrogens is 3. The van der Waals surface area contributed by atoms with Crippen molar-refractivity contribution in [3.05, 3.63) is 59.4 Å². The molecule has 14 heteroatoms. The average molecular weight is 546 g/mol. The van der Waals surface area contributed by atoms with Gasteiger partial charge in [0.2, 0.25) is 15.9 Å². The summed E-state index contributed by atoms with van der Waals surface area (Å²) < 4.78 is 61.5. The number of carbonyl (C=O) groups excluding carboxylic acids is 1. The van der Waals surface area contributed by atoms with Crippen molar-refractivity contribution in [3.8, 4) is 5.75 Å².